The molecule has 1 aliphatic carbocycles. The van der Waals surface area contributed by atoms with Gasteiger partial charge in [0.1, 0.15) is 11.9 Å². The van der Waals surface area contributed by atoms with Crippen molar-refractivity contribution >= 4 is 34.2 Å². The van der Waals surface area contributed by atoms with Crippen LogP contribution < -0.4 is 26.8 Å². The van der Waals surface area contributed by atoms with Crippen molar-refractivity contribution in [1.29, 1.82) is 0 Å². The summed E-state index contributed by atoms with van der Waals surface area (Å²) in [7, 11) is 0. The van der Waals surface area contributed by atoms with Crippen molar-refractivity contribution < 1.29 is 14.3 Å². The van der Waals surface area contributed by atoms with E-state index in [1.165, 1.54) is 0 Å². The van der Waals surface area contributed by atoms with Crippen molar-refractivity contribution in [2.45, 2.75) is 38.1 Å². The van der Waals surface area contributed by atoms with Gasteiger partial charge in [-0.15, -0.1) is 0 Å². The Kier molecular flexibility index (Phi) is 9.04. The van der Waals surface area contributed by atoms with Crippen molar-refractivity contribution in [2.75, 3.05) is 43.1 Å². The maximum atomic E-state index is 13.6. The lowest BCUT2D eigenvalue weighted by molar-refractivity contribution is -0.130. The van der Waals surface area contributed by atoms with Crippen LogP contribution in [0.2, 0.25) is 0 Å². The third kappa shape index (κ3) is 6.84. The van der Waals surface area contributed by atoms with Gasteiger partial charge < -0.3 is 26.0 Å². The van der Waals surface area contributed by atoms with Crippen LogP contribution in [0.25, 0.3) is 22.0 Å². The minimum absolute atomic E-state index is 0.103. The fourth-order valence-corrected chi connectivity index (χ4v) is 6.11. The number of pyridine rings is 1. The van der Waals surface area contributed by atoms with E-state index < -0.39 is 6.04 Å². The zero-order valence-corrected chi connectivity index (χ0v) is 24.7. The van der Waals surface area contributed by atoms with Gasteiger partial charge in [0.15, 0.2) is 0 Å². The number of anilines is 2. The number of fused-ring (bicyclic) bond motifs is 1. The topological polar surface area (TPSA) is 158 Å². The standard InChI is InChI=1S/C33H39N7O4/c34-19-22-3-7-24(8-4-22)31(41)37-29(33(43)36-26-10-11-27-28(18-26)38-39-32(27)42)17-21-1-5-23(6-2-21)25-9-12-30(35-20-25)40-13-15-44-16-14-40/h1-2,5-6,9-12,18,20,22,24,29H,3-4,7-8,13-17,19,34H2,(H,36,43)(H,37,41)(H2,38,39,42). The number of benzene rings is 2. The second-order valence-electron chi connectivity index (χ2n) is 11.7. The van der Waals surface area contributed by atoms with Gasteiger partial charge in [-0.25, -0.2) is 4.98 Å². The molecule has 1 saturated heterocycles. The molecule has 3 heterocycles. The number of aromatic nitrogens is 3. The summed E-state index contributed by atoms with van der Waals surface area (Å²) in [6.07, 6.45) is 5.59. The highest BCUT2D eigenvalue weighted by molar-refractivity contribution is 5.99. The van der Waals surface area contributed by atoms with E-state index in [4.69, 9.17) is 10.5 Å². The second-order valence-corrected chi connectivity index (χ2v) is 11.7. The lowest BCUT2D eigenvalue weighted by atomic mass is 9.81. The van der Waals surface area contributed by atoms with Crippen LogP contribution in [0.5, 0.6) is 0 Å². The molecule has 1 unspecified atom stereocenters. The number of rotatable bonds is 9. The normalized spacial score (nSPS) is 19.4. The minimum Gasteiger partial charge on any atom is -0.378 e. The molecule has 11 heteroatoms. The van der Waals surface area contributed by atoms with Gasteiger partial charge in [0.25, 0.3) is 5.56 Å². The summed E-state index contributed by atoms with van der Waals surface area (Å²) in [5.74, 6) is 0.839. The molecule has 4 aromatic rings. The first kappa shape index (κ1) is 29.6. The Morgan fingerprint density at radius 3 is 2.43 bits per heavy atom. The van der Waals surface area contributed by atoms with Gasteiger partial charge in [-0.3, -0.25) is 24.6 Å². The zero-order chi connectivity index (χ0) is 30.5. The number of nitrogens with zero attached hydrogens (tertiary/aromatic N) is 2. The largest absolute Gasteiger partial charge is 0.378 e. The molecule has 1 atom stereocenters. The molecule has 230 valence electrons. The summed E-state index contributed by atoms with van der Waals surface area (Å²) in [6.45, 7) is 3.73. The van der Waals surface area contributed by atoms with E-state index in [1.807, 2.05) is 36.5 Å². The maximum Gasteiger partial charge on any atom is 0.271 e. The van der Waals surface area contributed by atoms with E-state index in [2.05, 4.69) is 36.8 Å². The molecule has 2 amide bonds. The van der Waals surface area contributed by atoms with Gasteiger partial charge >= 0.3 is 0 Å². The molecule has 1 saturated carbocycles. The molecule has 0 radical (unpaired) electrons. The molecule has 11 nitrogen and oxygen atoms in total. The van der Waals surface area contributed by atoms with Gasteiger partial charge in [-0.2, -0.15) is 0 Å². The summed E-state index contributed by atoms with van der Waals surface area (Å²) in [5.41, 5.74) is 9.68. The average molecular weight is 598 g/mol. The van der Waals surface area contributed by atoms with Crippen LogP contribution in [0.1, 0.15) is 31.2 Å². The number of hydrogen-bond acceptors (Lipinski definition) is 7. The molecular weight excluding hydrogens is 558 g/mol. The lowest BCUT2D eigenvalue weighted by Gasteiger charge is -2.28. The second kappa shape index (κ2) is 13.4. The number of hydrogen-bond donors (Lipinski definition) is 5. The highest BCUT2D eigenvalue weighted by Crippen LogP contribution is 2.29. The van der Waals surface area contributed by atoms with Gasteiger partial charge in [-0.1, -0.05) is 24.3 Å². The van der Waals surface area contributed by atoms with Crippen molar-refractivity contribution in [3.8, 4) is 11.1 Å². The number of morpholine rings is 1. The van der Waals surface area contributed by atoms with E-state index in [9.17, 15) is 14.4 Å². The van der Waals surface area contributed by atoms with Crippen LogP contribution >= 0.6 is 0 Å². The molecular formula is C33H39N7O4. The molecule has 2 aromatic carbocycles. The first-order valence-corrected chi connectivity index (χ1v) is 15.4. The highest BCUT2D eigenvalue weighted by atomic mass is 16.5. The van der Waals surface area contributed by atoms with Crippen molar-refractivity contribution in [3.05, 3.63) is 76.7 Å². The Bertz CT molecular complexity index is 1630. The molecule has 2 aromatic heterocycles. The average Bonchev–Trinajstić information content (AvgIpc) is 3.44. The Labute approximate surface area is 255 Å². The van der Waals surface area contributed by atoms with Crippen LogP contribution in [0, 0.1) is 11.8 Å². The van der Waals surface area contributed by atoms with E-state index >= 15 is 0 Å². The number of amides is 2. The summed E-state index contributed by atoms with van der Waals surface area (Å²) in [6, 6.07) is 16.4. The predicted octanol–water partition coefficient (Wildman–Crippen LogP) is 3.19. The molecule has 0 bridgehead atoms. The van der Waals surface area contributed by atoms with Crippen LogP contribution in [-0.4, -0.2) is 65.9 Å². The van der Waals surface area contributed by atoms with Crippen molar-refractivity contribution in [3.63, 3.8) is 0 Å². The van der Waals surface area contributed by atoms with E-state index in [0.717, 1.165) is 61.3 Å². The Hall–Kier alpha value is -4.48. The van der Waals surface area contributed by atoms with Gasteiger partial charge in [-0.05, 0) is 79.6 Å². The smallest absolute Gasteiger partial charge is 0.271 e. The molecule has 1 aliphatic heterocycles. The number of carbonyl (C=O) groups is 2. The minimum atomic E-state index is -0.781. The van der Waals surface area contributed by atoms with E-state index in [-0.39, 0.29) is 23.3 Å². The predicted molar refractivity (Wildman–Crippen MR) is 170 cm³/mol. The Morgan fingerprint density at radius 2 is 1.73 bits per heavy atom. The van der Waals surface area contributed by atoms with Gasteiger partial charge in [0.05, 0.1) is 24.1 Å². The van der Waals surface area contributed by atoms with Gasteiger partial charge in [0, 0.05) is 42.9 Å². The fraction of sp³-hybridized carbons (Fsp3) is 0.394. The molecule has 0 spiro atoms. The number of H-pyrrole nitrogens is 2. The quantitative estimate of drug-likeness (QED) is 0.198. The number of nitrogens with two attached hydrogens (primary N) is 1. The van der Waals surface area contributed by atoms with Crippen LogP contribution in [0.15, 0.2) is 65.6 Å². The van der Waals surface area contributed by atoms with Crippen molar-refractivity contribution in [1.82, 2.24) is 20.5 Å². The number of nitrogens with one attached hydrogen (secondary N) is 4. The third-order valence-corrected chi connectivity index (χ3v) is 8.84. The summed E-state index contributed by atoms with van der Waals surface area (Å²) in [4.78, 5) is 45.7. The van der Waals surface area contributed by atoms with Crippen molar-refractivity contribution in [2.24, 2.45) is 17.6 Å². The first-order chi connectivity index (χ1) is 21.5. The van der Waals surface area contributed by atoms with Gasteiger partial charge in [0.2, 0.25) is 11.8 Å². The highest BCUT2D eigenvalue weighted by Gasteiger charge is 2.29. The molecule has 6 rings (SSSR count). The number of ether oxygens (including phenoxy) is 1. The first-order valence-electron chi connectivity index (χ1n) is 15.4. The van der Waals surface area contributed by atoms with E-state index in [1.54, 1.807) is 18.2 Å². The fourth-order valence-electron chi connectivity index (χ4n) is 6.11. The molecule has 44 heavy (non-hydrogen) atoms. The Morgan fingerprint density at radius 1 is 0.977 bits per heavy atom. The molecule has 2 aliphatic rings. The number of aromatic amines is 2. The van der Waals surface area contributed by atoms with Crippen LogP contribution in [-0.2, 0) is 20.7 Å². The Balaban J connectivity index is 1.16. The monoisotopic (exact) mass is 597 g/mol. The van der Waals surface area contributed by atoms with Crippen LogP contribution in [0.3, 0.4) is 0 Å². The van der Waals surface area contributed by atoms with Crippen LogP contribution in [0.4, 0.5) is 11.5 Å². The SMILES string of the molecule is NCC1CCC(C(=O)NC(Cc2ccc(-c3ccc(N4CCOCC4)nc3)cc2)C(=O)Nc2ccc3c(=O)[nH][nH]c3c2)CC1. The molecule has 6 N–H and O–H groups in total. The molecule has 2 fully saturated rings. The number of carbonyl (C=O) groups excluding carboxylic acids is 2. The van der Waals surface area contributed by atoms with E-state index in [0.29, 0.717) is 48.7 Å². The zero-order valence-electron chi connectivity index (χ0n) is 24.7. The lowest BCUT2D eigenvalue weighted by Crippen LogP contribution is -2.48. The summed E-state index contributed by atoms with van der Waals surface area (Å²) < 4.78 is 5.44. The summed E-state index contributed by atoms with van der Waals surface area (Å²) in [5, 5.41) is 11.8. The summed E-state index contributed by atoms with van der Waals surface area (Å²) >= 11 is 0. The maximum absolute atomic E-state index is 13.6. The third-order valence-electron chi connectivity index (χ3n) is 8.84.